The van der Waals surface area contributed by atoms with E-state index < -0.39 is 5.97 Å². The second-order valence-electron chi connectivity index (χ2n) is 3.04. The van der Waals surface area contributed by atoms with E-state index in [-0.39, 0.29) is 6.42 Å². The molecule has 0 saturated heterocycles. The Morgan fingerprint density at radius 2 is 2.20 bits per heavy atom. The van der Waals surface area contributed by atoms with Crippen LogP contribution in [-0.4, -0.2) is 20.5 Å². The molecular weight excluding hydrogens is 328 g/mol. The van der Waals surface area contributed by atoms with E-state index in [0.29, 0.717) is 5.69 Å². The number of carbonyl (C=O) groups is 1. The molecule has 2 heterocycles. The summed E-state index contributed by atoms with van der Waals surface area (Å²) in [5.74, 6) is -0.881. The number of carboxylic acids is 1. The maximum atomic E-state index is 10.5. The zero-order chi connectivity index (χ0) is 11.0. The summed E-state index contributed by atoms with van der Waals surface area (Å²) in [6.07, 6.45) is 3.48. The van der Waals surface area contributed by atoms with Crippen molar-refractivity contribution in [2.45, 2.75) is 6.42 Å². The highest BCUT2D eigenvalue weighted by Gasteiger charge is 2.08. The van der Waals surface area contributed by atoms with Gasteiger partial charge in [-0.15, -0.1) is 0 Å². The van der Waals surface area contributed by atoms with Crippen molar-refractivity contribution in [3.8, 4) is 0 Å². The minimum Gasteiger partial charge on any atom is -0.481 e. The minimum absolute atomic E-state index is 0.0638. The number of fused-ring (bicyclic) bond motifs is 1. The molecule has 0 radical (unpaired) electrons. The molecule has 2 aromatic rings. The minimum atomic E-state index is -0.881. The normalized spacial score (nSPS) is 10.8. The first-order valence-corrected chi connectivity index (χ1v) is 5.69. The molecule has 0 aliphatic rings. The molecule has 0 aromatic carbocycles. The topological polar surface area (TPSA) is 54.6 Å². The summed E-state index contributed by atoms with van der Waals surface area (Å²) in [7, 11) is 0. The number of hydrogen-bond donors (Lipinski definition) is 1. The van der Waals surface area contributed by atoms with Gasteiger partial charge in [-0.05, 0) is 37.9 Å². The van der Waals surface area contributed by atoms with E-state index in [0.717, 1.165) is 14.6 Å². The van der Waals surface area contributed by atoms with Crippen molar-refractivity contribution in [2.75, 3.05) is 0 Å². The lowest BCUT2D eigenvalue weighted by Gasteiger charge is -1.96. The lowest BCUT2D eigenvalue weighted by molar-refractivity contribution is -0.136. The lowest BCUT2D eigenvalue weighted by atomic mass is 10.3. The summed E-state index contributed by atoms with van der Waals surface area (Å²) in [6, 6.07) is 1.87. The van der Waals surface area contributed by atoms with Crippen LogP contribution < -0.4 is 0 Å². The van der Waals surface area contributed by atoms with Crippen LogP contribution in [0.2, 0.25) is 0 Å². The third-order valence-corrected chi connectivity index (χ3v) is 2.87. The van der Waals surface area contributed by atoms with Crippen LogP contribution in [0.5, 0.6) is 0 Å². The molecule has 2 aromatic heterocycles. The summed E-state index contributed by atoms with van der Waals surface area (Å²) in [5, 5.41) is 8.65. The van der Waals surface area contributed by atoms with Gasteiger partial charge in [0.15, 0.2) is 5.65 Å². The zero-order valence-corrected chi connectivity index (χ0v) is 10.6. The molecule has 4 nitrogen and oxygen atoms in total. The maximum absolute atomic E-state index is 10.5. The van der Waals surface area contributed by atoms with Gasteiger partial charge in [0.2, 0.25) is 0 Å². The van der Waals surface area contributed by atoms with Gasteiger partial charge in [0.05, 0.1) is 16.6 Å². The van der Waals surface area contributed by atoms with Crippen LogP contribution in [0.1, 0.15) is 5.69 Å². The molecule has 15 heavy (non-hydrogen) atoms. The highest BCUT2D eigenvalue weighted by Crippen LogP contribution is 2.22. The van der Waals surface area contributed by atoms with Crippen LogP contribution in [0.3, 0.4) is 0 Å². The van der Waals surface area contributed by atoms with E-state index in [4.69, 9.17) is 5.11 Å². The molecule has 0 spiro atoms. The van der Waals surface area contributed by atoms with E-state index >= 15 is 0 Å². The van der Waals surface area contributed by atoms with Crippen molar-refractivity contribution < 1.29 is 9.90 Å². The Balaban J connectivity index is 2.55. The molecule has 0 amide bonds. The predicted molar refractivity (Wildman–Crippen MR) is 61.9 cm³/mol. The van der Waals surface area contributed by atoms with Gasteiger partial charge in [-0.2, -0.15) is 0 Å². The Hall–Kier alpha value is -0.880. The van der Waals surface area contributed by atoms with Crippen LogP contribution in [0, 0.1) is 0 Å². The van der Waals surface area contributed by atoms with Gasteiger partial charge < -0.3 is 9.51 Å². The SMILES string of the molecule is O=C(O)Cc1cn2cc(Br)cc(Br)c2n1. The van der Waals surface area contributed by atoms with E-state index in [9.17, 15) is 4.79 Å². The Labute approximate surface area is 102 Å². The van der Waals surface area contributed by atoms with Crippen LogP contribution >= 0.6 is 31.9 Å². The Kier molecular flexibility index (Phi) is 2.79. The fourth-order valence-electron chi connectivity index (χ4n) is 1.32. The first-order chi connectivity index (χ1) is 7.06. The standard InChI is InChI=1S/C9H6Br2N2O2/c10-5-1-7(11)9-12-6(2-8(14)15)4-13(9)3-5/h1,3-4H,2H2,(H,14,15). The summed E-state index contributed by atoms with van der Waals surface area (Å²) in [4.78, 5) is 14.7. The number of aliphatic carboxylic acids is 1. The second-order valence-corrected chi connectivity index (χ2v) is 4.81. The van der Waals surface area contributed by atoms with E-state index in [1.807, 2.05) is 12.3 Å². The maximum Gasteiger partial charge on any atom is 0.309 e. The molecule has 0 aliphatic heterocycles. The summed E-state index contributed by atoms with van der Waals surface area (Å²) in [6.45, 7) is 0. The van der Waals surface area contributed by atoms with Crippen molar-refractivity contribution in [1.29, 1.82) is 0 Å². The third kappa shape index (κ3) is 2.21. The number of nitrogens with zero attached hydrogens (tertiary/aromatic N) is 2. The van der Waals surface area contributed by atoms with Gasteiger partial charge in [-0.3, -0.25) is 4.79 Å². The molecule has 0 unspecified atom stereocenters. The van der Waals surface area contributed by atoms with Gasteiger partial charge in [0, 0.05) is 16.9 Å². The first kappa shape index (κ1) is 10.6. The average Bonchev–Trinajstić information content (AvgIpc) is 2.45. The monoisotopic (exact) mass is 332 g/mol. The van der Waals surface area contributed by atoms with E-state index in [2.05, 4.69) is 36.8 Å². The molecule has 0 fully saturated rings. The van der Waals surface area contributed by atoms with Crippen molar-refractivity contribution in [3.05, 3.63) is 33.1 Å². The fourth-order valence-corrected chi connectivity index (χ4v) is 2.61. The van der Waals surface area contributed by atoms with Crippen molar-refractivity contribution >= 4 is 43.5 Å². The second kappa shape index (κ2) is 3.94. The van der Waals surface area contributed by atoms with Crippen LogP contribution in [-0.2, 0) is 11.2 Å². The number of hydrogen-bond acceptors (Lipinski definition) is 2. The molecule has 6 heteroatoms. The first-order valence-electron chi connectivity index (χ1n) is 4.10. The predicted octanol–water partition coefficient (Wildman–Crippen LogP) is 2.49. The van der Waals surface area contributed by atoms with E-state index in [1.54, 1.807) is 10.6 Å². The number of pyridine rings is 1. The van der Waals surface area contributed by atoms with Gasteiger partial charge in [-0.25, -0.2) is 4.98 Å². The van der Waals surface area contributed by atoms with Crippen molar-refractivity contribution in [1.82, 2.24) is 9.38 Å². The fraction of sp³-hybridized carbons (Fsp3) is 0.111. The van der Waals surface area contributed by atoms with E-state index in [1.165, 1.54) is 0 Å². The van der Waals surface area contributed by atoms with Gasteiger partial charge in [-0.1, -0.05) is 0 Å². The smallest absolute Gasteiger partial charge is 0.309 e. The summed E-state index contributed by atoms with van der Waals surface area (Å²) >= 11 is 6.71. The average molecular weight is 334 g/mol. The van der Waals surface area contributed by atoms with Crippen molar-refractivity contribution in [3.63, 3.8) is 0 Å². The number of carboxylic acid groups (broad SMARTS) is 1. The third-order valence-electron chi connectivity index (χ3n) is 1.86. The molecule has 1 N–H and O–H groups in total. The molecule has 2 rings (SSSR count). The molecule has 0 saturated carbocycles. The highest BCUT2D eigenvalue weighted by molar-refractivity contribution is 9.11. The van der Waals surface area contributed by atoms with Crippen molar-refractivity contribution in [2.24, 2.45) is 0 Å². The summed E-state index contributed by atoms with van der Waals surface area (Å²) in [5.41, 5.74) is 1.26. The molecular formula is C9H6Br2N2O2. The van der Waals surface area contributed by atoms with Gasteiger partial charge in [0.25, 0.3) is 0 Å². The Bertz CT molecular complexity index is 536. The zero-order valence-electron chi connectivity index (χ0n) is 7.44. The molecule has 0 atom stereocenters. The molecule has 78 valence electrons. The van der Waals surface area contributed by atoms with Gasteiger partial charge in [0.1, 0.15) is 0 Å². The number of aromatic nitrogens is 2. The number of rotatable bonds is 2. The Morgan fingerprint density at radius 3 is 2.87 bits per heavy atom. The van der Waals surface area contributed by atoms with Gasteiger partial charge >= 0.3 is 5.97 Å². The molecule has 0 aliphatic carbocycles. The van der Waals surface area contributed by atoms with Crippen LogP contribution in [0.15, 0.2) is 27.4 Å². The molecule has 0 bridgehead atoms. The summed E-state index contributed by atoms with van der Waals surface area (Å²) < 4.78 is 3.52. The highest BCUT2D eigenvalue weighted by atomic mass is 79.9. The quantitative estimate of drug-likeness (QED) is 0.918. The number of halogens is 2. The van der Waals surface area contributed by atoms with Crippen LogP contribution in [0.25, 0.3) is 5.65 Å². The Morgan fingerprint density at radius 1 is 1.47 bits per heavy atom. The van der Waals surface area contributed by atoms with Crippen LogP contribution in [0.4, 0.5) is 0 Å². The number of imidazole rings is 1. The largest absolute Gasteiger partial charge is 0.481 e. The lowest BCUT2D eigenvalue weighted by Crippen LogP contribution is -1.99.